The first-order chi connectivity index (χ1) is 11.8. The molecule has 25 heavy (non-hydrogen) atoms. The maximum absolute atomic E-state index is 14.3. The summed E-state index contributed by atoms with van der Waals surface area (Å²) < 4.78 is 41.8. The first-order valence-corrected chi connectivity index (χ1v) is 7.92. The summed E-state index contributed by atoms with van der Waals surface area (Å²) in [5, 5.41) is 7.51. The van der Waals surface area contributed by atoms with Crippen LogP contribution in [0.1, 0.15) is 5.69 Å². The third-order valence-corrected chi connectivity index (χ3v) is 4.40. The molecular weight excluding hydrogens is 398 g/mol. The molecule has 1 aromatic carbocycles. The maximum Gasteiger partial charge on any atom is 0.160 e. The van der Waals surface area contributed by atoms with Crippen LogP contribution >= 0.6 is 34.8 Å². The molecule has 3 rings (SSSR count). The number of aromatic nitrogens is 3. The Morgan fingerprint density at radius 2 is 1.44 bits per heavy atom. The molecule has 0 fully saturated rings. The van der Waals surface area contributed by atoms with Gasteiger partial charge in [0.1, 0.15) is 22.6 Å². The van der Waals surface area contributed by atoms with Crippen molar-refractivity contribution in [2.45, 2.75) is 6.92 Å². The minimum atomic E-state index is -1.12. The number of nitrogens with zero attached hydrogens (tertiary/aromatic N) is 3. The molecule has 9 heteroatoms. The van der Waals surface area contributed by atoms with Gasteiger partial charge in [-0.2, -0.15) is 5.10 Å². The van der Waals surface area contributed by atoms with Crippen LogP contribution in [-0.4, -0.2) is 15.2 Å². The maximum atomic E-state index is 14.3. The second-order valence-electron chi connectivity index (χ2n) is 5.07. The fourth-order valence-electron chi connectivity index (χ4n) is 2.42. The van der Waals surface area contributed by atoms with Gasteiger partial charge in [0.25, 0.3) is 0 Å². The van der Waals surface area contributed by atoms with E-state index >= 15 is 0 Å². The van der Waals surface area contributed by atoms with Gasteiger partial charge in [-0.15, -0.1) is 5.10 Å². The molecule has 2 aromatic heterocycles. The zero-order chi connectivity index (χ0) is 18.3. The van der Waals surface area contributed by atoms with Crippen molar-refractivity contribution in [3.05, 3.63) is 62.9 Å². The molecule has 0 saturated carbocycles. The molecule has 0 radical (unpaired) electrons. The predicted molar refractivity (Wildman–Crippen MR) is 90.3 cm³/mol. The summed E-state index contributed by atoms with van der Waals surface area (Å²) in [6.07, 6.45) is 1.36. The first kappa shape index (κ1) is 17.9. The summed E-state index contributed by atoms with van der Waals surface area (Å²) in [6.45, 7) is 1.57. The van der Waals surface area contributed by atoms with Crippen molar-refractivity contribution in [1.82, 2.24) is 15.2 Å². The Bertz CT molecular complexity index is 973. The van der Waals surface area contributed by atoms with Crippen molar-refractivity contribution >= 4 is 34.8 Å². The lowest BCUT2D eigenvalue weighted by Gasteiger charge is -2.15. The topological polar surface area (TPSA) is 38.7 Å². The second-order valence-corrected chi connectivity index (χ2v) is 6.19. The van der Waals surface area contributed by atoms with Gasteiger partial charge in [0.2, 0.25) is 0 Å². The quantitative estimate of drug-likeness (QED) is 0.500. The summed E-state index contributed by atoms with van der Waals surface area (Å²) >= 11 is 17.8. The molecule has 0 bridgehead atoms. The SMILES string of the molecule is Cc1nnc(Cl)c(-c2c(F)cc(F)cc2F)c1-c1cnc(Cl)c(Cl)c1. The lowest BCUT2D eigenvalue weighted by Crippen LogP contribution is -2.01. The zero-order valence-electron chi connectivity index (χ0n) is 12.4. The number of halogens is 6. The standard InChI is InChI=1S/C16H7Cl3F3N3/c1-6-12(7-2-9(17)15(18)23-5-7)14(16(19)25-24-6)13-10(21)3-8(20)4-11(13)22/h2-5H,1H3. The minimum Gasteiger partial charge on any atom is -0.242 e. The lowest BCUT2D eigenvalue weighted by molar-refractivity contribution is 0.548. The van der Waals surface area contributed by atoms with E-state index in [-0.39, 0.29) is 26.5 Å². The van der Waals surface area contributed by atoms with Gasteiger partial charge in [-0.1, -0.05) is 34.8 Å². The third-order valence-electron chi connectivity index (χ3n) is 3.45. The third kappa shape index (κ3) is 3.29. The highest BCUT2D eigenvalue weighted by atomic mass is 35.5. The van der Waals surface area contributed by atoms with Gasteiger partial charge < -0.3 is 0 Å². The van der Waals surface area contributed by atoms with Crippen LogP contribution < -0.4 is 0 Å². The highest BCUT2D eigenvalue weighted by molar-refractivity contribution is 6.41. The fourth-order valence-corrected chi connectivity index (χ4v) is 2.92. The monoisotopic (exact) mass is 403 g/mol. The highest BCUT2D eigenvalue weighted by Gasteiger charge is 2.24. The molecule has 0 unspecified atom stereocenters. The fraction of sp³-hybridized carbons (Fsp3) is 0.0625. The summed E-state index contributed by atoms with van der Waals surface area (Å²) in [6, 6.07) is 2.57. The van der Waals surface area contributed by atoms with Crippen molar-refractivity contribution in [1.29, 1.82) is 0 Å². The smallest absolute Gasteiger partial charge is 0.160 e. The van der Waals surface area contributed by atoms with E-state index < -0.39 is 23.0 Å². The molecule has 3 nitrogen and oxygen atoms in total. The molecule has 3 aromatic rings. The number of hydrogen-bond donors (Lipinski definition) is 0. The Morgan fingerprint density at radius 1 is 0.800 bits per heavy atom. The van der Waals surface area contributed by atoms with Gasteiger partial charge in [0, 0.05) is 35.0 Å². The van der Waals surface area contributed by atoms with E-state index in [1.165, 1.54) is 12.3 Å². The molecule has 0 N–H and O–H groups in total. The van der Waals surface area contributed by atoms with Gasteiger partial charge in [-0.25, -0.2) is 18.2 Å². The number of pyridine rings is 1. The molecule has 0 atom stereocenters. The predicted octanol–water partition coefficient (Wildman–Crippen LogP) is 5.89. The zero-order valence-corrected chi connectivity index (χ0v) is 14.7. The van der Waals surface area contributed by atoms with Crippen LogP contribution in [0.15, 0.2) is 24.4 Å². The van der Waals surface area contributed by atoms with Gasteiger partial charge in [0.15, 0.2) is 5.15 Å². The van der Waals surface area contributed by atoms with Crippen LogP contribution in [0.2, 0.25) is 15.3 Å². The van der Waals surface area contributed by atoms with Crippen LogP contribution in [0.5, 0.6) is 0 Å². The van der Waals surface area contributed by atoms with Crippen molar-refractivity contribution in [2.75, 3.05) is 0 Å². The highest BCUT2D eigenvalue weighted by Crippen LogP contribution is 2.41. The van der Waals surface area contributed by atoms with Crippen molar-refractivity contribution in [3.63, 3.8) is 0 Å². The molecule has 0 aliphatic heterocycles. The van der Waals surface area contributed by atoms with E-state index in [1.54, 1.807) is 6.92 Å². The molecule has 128 valence electrons. The number of benzene rings is 1. The summed E-state index contributed by atoms with van der Waals surface area (Å²) in [4.78, 5) is 3.91. The van der Waals surface area contributed by atoms with Crippen molar-refractivity contribution < 1.29 is 13.2 Å². The Balaban J connectivity index is 2.39. The van der Waals surface area contributed by atoms with Gasteiger partial charge in [-0.3, -0.25) is 0 Å². The van der Waals surface area contributed by atoms with Gasteiger partial charge in [0.05, 0.1) is 16.3 Å². The van der Waals surface area contributed by atoms with E-state index in [4.69, 9.17) is 34.8 Å². The van der Waals surface area contributed by atoms with Crippen LogP contribution in [0.4, 0.5) is 13.2 Å². The molecular formula is C16H7Cl3F3N3. The van der Waals surface area contributed by atoms with Crippen molar-refractivity contribution in [2.24, 2.45) is 0 Å². The molecule has 2 heterocycles. The minimum absolute atomic E-state index is 0.0666. The summed E-state index contributed by atoms with van der Waals surface area (Å²) in [7, 11) is 0. The molecule has 0 amide bonds. The summed E-state index contributed by atoms with van der Waals surface area (Å²) in [5.74, 6) is -3.30. The number of hydrogen-bond acceptors (Lipinski definition) is 3. The lowest BCUT2D eigenvalue weighted by atomic mass is 9.95. The summed E-state index contributed by atoms with van der Waals surface area (Å²) in [5.41, 5.74) is 0.356. The molecule has 0 aliphatic carbocycles. The van der Waals surface area contributed by atoms with E-state index in [0.29, 0.717) is 23.4 Å². The Morgan fingerprint density at radius 3 is 2.04 bits per heavy atom. The van der Waals surface area contributed by atoms with Crippen LogP contribution in [0.3, 0.4) is 0 Å². The Kier molecular flexibility index (Phi) is 4.86. The molecule has 0 saturated heterocycles. The largest absolute Gasteiger partial charge is 0.242 e. The number of rotatable bonds is 2. The van der Waals surface area contributed by atoms with E-state index in [0.717, 1.165) is 0 Å². The Labute approximate surface area is 155 Å². The van der Waals surface area contributed by atoms with Crippen LogP contribution in [0, 0.1) is 24.4 Å². The van der Waals surface area contributed by atoms with Gasteiger partial charge >= 0.3 is 0 Å². The second kappa shape index (κ2) is 6.78. The van der Waals surface area contributed by atoms with Crippen molar-refractivity contribution in [3.8, 4) is 22.3 Å². The van der Waals surface area contributed by atoms with E-state index in [2.05, 4.69) is 15.2 Å². The van der Waals surface area contributed by atoms with Crippen LogP contribution in [-0.2, 0) is 0 Å². The molecule has 0 aliphatic rings. The molecule has 0 spiro atoms. The van der Waals surface area contributed by atoms with Crippen LogP contribution in [0.25, 0.3) is 22.3 Å². The normalized spacial score (nSPS) is 11.0. The average molecular weight is 405 g/mol. The first-order valence-electron chi connectivity index (χ1n) is 6.78. The van der Waals surface area contributed by atoms with Gasteiger partial charge in [-0.05, 0) is 13.0 Å². The number of aryl methyl sites for hydroxylation is 1. The Hall–Kier alpha value is -1.89. The average Bonchev–Trinajstić information content (AvgIpc) is 2.53. The van der Waals surface area contributed by atoms with E-state index in [1.807, 2.05) is 0 Å². The van der Waals surface area contributed by atoms with E-state index in [9.17, 15) is 13.2 Å².